The summed E-state index contributed by atoms with van der Waals surface area (Å²) in [4.78, 5) is 15.0. The smallest absolute Gasteiger partial charge is 0.355 e. The summed E-state index contributed by atoms with van der Waals surface area (Å²) in [5.74, 6) is -1.01. The quantitative estimate of drug-likeness (QED) is 0.899. The summed E-state index contributed by atoms with van der Waals surface area (Å²) in [6, 6.07) is 2.41. The molecule has 1 heterocycles. The zero-order valence-electron chi connectivity index (χ0n) is 10.7. The highest BCUT2D eigenvalue weighted by atomic mass is 32.1. The van der Waals surface area contributed by atoms with E-state index < -0.39 is 11.4 Å². The molecule has 5 heteroatoms. The monoisotopic (exact) mass is 276 g/mol. The van der Waals surface area contributed by atoms with Crippen LogP contribution in [0.4, 0.5) is 0 Å². The summed E-state index contributed by atoms with van der Waals surface area (Å²) in [6.45, 7) is 0. The summed E-state index contributed by atoms with van der Waals surface area (Å²) in [6.07, 6.45) is 7.99. The van der Waals surface area contributed by atoms with Crippen LogP contribution in [0.3, 0.4) is 0 Å². The van der Waals surface area contributed by atoms with Crippen LogP contribution in [0.5, 0.6) is 0 Å². The third-order valence-corrected chi connectivity index (χ3v) is 5.66. The average Bonchev–Trinajstić information content (AvgIpc) is 2.86. The van der Waals surface area contributed by atoms with E-state index in [-0.39, 0.29) is 5.69 Å². The largest absolute Gasteiger partial charge is 0.476 e. The SMILES string of the molecule is N#CC1(c2nc(C(=O)O)cs2)CC2(CCCCC2)C1. The molecule has 1 aromatic heterocycles. The van der Waals surface area contributed by atoms with E-state index in [1.54, 1.807) is 5.38 Å². The van der Waals surface area contributed by atoms with Gasteiger partial charge in [0, 0.05) is 5.38 Å². The molecule has 2 aliphatic rings. The Hall–Kier alpha value is -1.41. The van der Waals surface area contributed by atoms with Gasteiger partial charge in [-0.1, -0.05) is 19.3 Å². The number of aromatic carboxylic acids is 1. The third kappa shape index (κ3) is 1.95. The van der Waals surface area contributed by atoms with Gasteiger partial charge in [0.15, 0.2) is 5.69 Å². The van der Waals surface area contributed by atoms with Crippen LogP contribution in [-0.2, 0) is 5.41 Å². The average molecular weight is 276 g/mol. The summed E-state index contributed by atoms with van der Waals surface area (Å²) >= 11 is 1.32. The van der Waals surface area contributed by atoms with E-state index in [0.717, 1.165) is 12.8 Å². The number of hydrogen-bond acceptors (Lipinski definition) is 4. The molecule has 1 spiro atoms. The van der Waals surface area contributed by atoms with E-state index in [1.165, 1.54) is 43.4 Å². The van der Waals surface area contributed by atoms with Crippen LogP contribution in [0.2, 0.25) is 0 Å². The highest BCUT2D eigenvalue weighted by molar-refractivity contribution is 7.10. The first kappa shape index (κ1) is 12.6. The maximum absolute atomic E-state index is 10.9. The molecule has 3 rings (SSSR count). The van der Waals surface area contributed by atoms with Gasteiger partial charge >= 0.3 is 5.97 Å². The molecular formula is C14H16N2O2S. The molecule has 0 saturated heterocycles. The number of carboxylic acid groups (broad SMARTS) is 1. The molecule has 2 fully saturated rings. The Morgan fingerprint density at radius 2 is 2.05 bits per heavy atom. The predicted molar refractivity (Wildman–Crippen MR) is 71.1 cm³/mol. The van der Waals surface area contributed by atoms with Crippen molar-refractivity contribution in [3.05, 3.63) is 16.1 Å². The summed E-state index contributed by atoms with van der Waals surface area (Å²) in [7, 11) is 0. The van der Waals surface area contributed by atoms with Crippen LogP contribution < -0.4 is 0 Å². The zero-order valence-corrected chi connectivity index (χ0v) is 11.5. The number of carbonyl (C=O) groups is 1. The molecule has 2 saturated carbocycles. The highest BCUT2D eigenvalue weighted by Gasteiger charge is 2.57. The number of carboxylic acids is 1. The van der Waals surface area contributed by atoms with Gasteiger partial charge in [0.2, 0.25) is 0 Å². The Morgan fingerprint density at radius 1 is 1.37 bits per heavy atom. The van der Waals surface area contributed by atoms with E-state index in [1.807, 2.05) is 0 Å². The normalized spacial score (nSPS) is 23.5. The van der Waals surface area contributed by atoms with E-state index in [2.05, 4.69) is 11.1 Å². The molecule has 4 nitrogen and oxygen atoms in total. The molecule has 0 aromatic carbocycles. The van der Waals surface area contributed by atoms with Crippen molar-refractivity contribution in [1.29, 1.82) is 5.26 Å². The molecule has 0 radical (unpaired) electrons. The van der Waals surface area contributed by atoms with Gasteiger partial charge in [0.1, 0.15) is 10.4 Å². The van der Waals surface area contributed by atoms with Crippen LogP contribution in [0, 0.1) is 16.7 Å². The number of rotatable bonds is 2. The Bertz CT molecular complexity index is 544. The first-order valence-electron chi connectivity index (χ1n) is 6.70. The molecule has 100 valence electrons. The van der Waals surface area contributed by atoms with Gasteiger partial charge in [-0.2, -0.15) is 5.26 Å². The van der Waals surface area contributed by atoms with Gasteiger partial charge in [-0.05, 0) is 31.1 Å². The van der Waals surface area contributed by atoms with Crippen molar-refractivity contribution in [3.8, 4) is 6.07 Å². The minimum atomic E-state index is -1.01. The molecule has 1 N–H and O–H groups in total. The van der Waals surface area contributed by atoms with Crippen LogP contribution in [0.25, 0.3) is 0 Å². The van der Waals surface area contributed by atoms with Gasteiger partial charge in [0.05, 0.1) is 6.07 Å². The predicted octanol–water partition coefficient (Wildman–Crippen LogP) is 3.35. The van der Waals surface area contributed by atoms with Crippen LogP contribution in [0.15, 0.2) is 5.38 Å². The molecule has 0 unspecified atom stereocenters. The summed E-state index contributed by atoms with van der Waals surface area (Å²) < 4.78 is 0. The van der Waals surface area contributed by atoms with Gasteiger partial charge in [-0.15, -0.1) is 11.3 Å². The van der Waals surface area contributed by atoms with Crippen molar-refractivity contribution in [2.24, 2.45) is 5.41 Å². The lowest BCUT2D eigenvalue weighted by molar-refractivity contribution is 0.0167. The van der Waals surface area contributed by atoms with Crippen LogP contribution in [0.1, 0.15) is 60.4 Å². The maximum Gasteiger partial charge on any atom is 0.355 e. The maximum atomic E-state index is 10.9. The van der Waals surface area contributed by atoms with Crippen molar-refractivity contribution in [2.45, 2.75) is 50.4 Å². The van der Waals surface area contributed by atoms with Crippen molar-refractivity contribution < 1.29 is 9.90 Å². The van der Waals surface area contributed by atoms with E-state index in [0.29, 0.717) is 10.4 Å². The molecule has 19 heavy (non-hydrogen) atoms. The number of nitriles is 1. The Labute approximate surface area is 116 Å². The lowest BCUT2D eigenvalue weighted by Gasteiger charge is -2.54. The molecular weight excluding hydrogens is 260 g/mol. The van der Waals surface area contributed by atoms with Gasteiger partial charge in [-0.3, -0.25) is 0 Å². The second kappa shape index (κ2) is 4.31. The Morgan fingerprint density at radius 3 is 2.58 bits per heavy atom. The van der Waals surface area contributed by atoms with Crippen molar-refractivity contribution in [1.82, 2.24) is 4.98 Å². The van der Waals surface area contributed by atoms with Crippen molar-refractivity contribution in [3.63, 3.8) is 0 Å². The number of hydrogen-bond donors (Lipinski definition) is 1. The molecule has 0 aliphatic heterocycles. The van der Waals surface area contributed by atoms with Crippen LogP contribution >= 0.6 is 11.3 Å². The standard InChI is InChI=1S/C14H16N2O2S/c15-9-14(12-16-10(6-19-12)11(17)18)7-13(8-14)4-2-1-3-5-13/h6H,1-5,7-8H2,(H,17,18). The van der Waals surface area contributed by atoms with Crippen molar-refractivity contribution in [2.75, 3.05) is 0 Å². The minimum absolute atomic E-state index is 0.0687. The third-order valence-electron chi connectivity index (χ3n) is 4.61. The zero-order chi connectivity index (χ0) is 13.5. The number of nitrogens with zero attached hydrogens (tertiary/aromatic N) is 2. The number of aromatic nitrogens is 1. The highest BCUT2D eigenvalue weighted by Crippen LogP contribution is 2.61. The lowest BCUT2D eigenvalue weighted by Crippen LogP contribution is -2.49. The Kier molecular flexibility index (Phi) is 2.86. The lowest BCUT2D eigenvalue weighted by atomic mass is 9.49. The fourth-order valence-electron chi connectivity index (χ4n) is 3.75. The molecule has 1 aromatic rings. The second-order valence-electron chi connectivity index (χ2n) is 5.95. The fraction of sp³-hybridized carbons (Fsp3) is 0.643. The van der Waals surface area contributed by atoms with Gasteiger partial charge in [-0.25, -0.2) is 9.78 Å². The molecule has 0 amide bonds. The molecule has 2 aliphatic carbocycles. The topological polar surface area (TPSA) is 74.0 Å². The first-order valence-corrected chi connectivity index (χ1v) is 7.58. The second-order valence-corrected chi connectivity index (χ2v) is 6.81. The van der Waals surface area contributed by atoms with Crippen LogP contribution in [-0.4, -0.2) is 16.1 Å². The minimum Gasteiger partial charge on any atom is -0.476 e. The van der Waals surface area contributed by atoms with Gasteiger partial charge in [0.25, 0.3) is 0 Å². The van der Waals surface area contributed by atoms with E-state index in [4.69, 9.17) is 5.11 Å². The van der Waals surface area contributed by atoms with E-state index in [9.17, 15) is 10.1 Å². The Balaban J connectivity index is 1.82. The van der Waals surface area contributed by atoms with Crippen molar-refractivity contribution >= 4 is 17.3 Å². The molecule has 0 atom stereocenters. The van der Waals surface area contributed by atoms with Gasteiger partial charge < -0.3 is 5.11 Å². The fourth-order valence-corrected chi connectivity index (χ4v) is 4.70. The van der Waals surface area contributed by atoms with E-state index >= 15 is 0 Å². The first-order chi connectivity index (χ1) is 9.09. The molecule has 0 bridgehead atoms. The number of thiazole rings is 1. The summed E-state index contributed by atoms with van der Waals surface area (Å²) in [5.41, 5.74) is -0.113. The summed E-state index contributed by atoms with van der Waals surface area (Å²) in [5, 5.41) is 20.7.